The number of hydrogen-bond donors (Lipinski definition) is 2. The molecule has 0 aliphatic heterocycles. The maximum atomic E-state index is 13.1. The van der Waals surface area contributed by atoms with Gasteiger partial charge in [-0.25, -0.2) is 4.79 Å². The van der Waals surface area contributed by atoms with Crippen LogP contribution >= 0.6 is 11.8 Å². The highest BCUT2D eigenvalue weighted by molar-refractivity contribution is 7.98. The summed E-state index contributed by atoms with van der Waals surface area (Å²) in [6.45, 7) is 9.25. The predicted octanol–water partition coefficient (Wildman–Crippen LogP) is 4.87. The molecular formula is C25H34N2O4S. The van der Waals surface area contributed by atoms with Gasteiger partial charge in [0.25, 0.3) is 0 Å². The molecule has 2 aromatic rings. The summed E-state index contributed by atoms with van der Waals surface area (Å²) < 4.78 is 10.6. The van der Waals surface area contributed by atoms with Crippen molar-refractivity contribution in [2.45, 2.75) is 57.6 Å². The SMILES string of the molecule is COc1ccc(CSC[C@H](NC(=O)OC(C)(C)C)C(=O)NC(C)(C)c2ccccc2)cc1. The molecule has 0 radical (unpaired) electrons. The third-order valence-electron chi connectivity index (χ3n) is 4.65. The first-order chi connectivity index (χ1) is 15.0. The molecule has 32 heavy (non-hydrogen) atoms. The van der Waals surface area contributed by atoms with E-state index in [0.717, 1.165) is 16.9 Å². The zero-order valence-corrected chi connectivity index (χ0v) is 20.5. The average molecular weight is 459 g/mol. The number of carbonyl (C=O) groups is 2. The van der Waals surface area contributed by atoms with E-state index in [4.69, 9.17) is 9.47 Å². The van der Waals surface area contributed by atoms with Crippen LogP contribution in [0.5, 0.6) is 5.75 Å². The van der Waals surface area contributed by atoms with E-state index in [1.807, 2.05) is 68.4 Å². The van der Waals surface area contributed by atoms with Gasteiger partial charge in [-0.1, -0.05) is 42.5 Å². The molecule has 2 amide bonds. The monoisotopic (exact) mass is 458 g/mol. The highest BCUT2D eigenvalue weighted by atomic mass is 32.2. The van der Waals surface area contributed by atoms with Crippen molar-refractivity contribution in [3.8, 4) is 5.75 Å². The van der Waals surface area contributed by atoms with Gasteiger partial charge in [-0.3, -0.25) is 4.79 Å². The van der Waals surface area contributed by atoms with Crippen molar-refractivity contribution in [2.24, 2.45) is 0 Å². The zero-order chi connectivity index (χ0) is 23.8. The Morgan fingerprint density at radius 3 is 2.16 bits per heavy atom. The predicted molar refractivity (Wildman–Crippen MR) is 130 cm³/mol. The summed E-state index contributed by atoms with van der Waals surface area (Å²) in [4.78, 5) is 25.5. The summed E-state index contributed by atoms with van der Waals surface area (Å²) in [6.07, 6.45) is -0.611. The Balaban J connectivity index is 2.06. The van der Waals surface area contributed by atoms with Crippen molar-refractivity contribution < 1.29 is 19.1 Å². The molecule has 0 aliphatic rings. The number of ether oxygens (including phenoxy) is 2. The summed E-state index contributed by atoms with van der Waals surface area (Å²) >= 11 is 1.57. The van der Waals surface area contributed by atoms with Gasteiger partial charge in [-0.05, 0) is 57.9 Å². The average Bonchev–Trinajstić information content (AvgIpc) is 2.72. The van der Waals surface area contributed by atoms with Crippen LogP contribution in [0.1, 0.15) is 45.7 Å². The lowest BCUT2D eigenvalue weighted by atomic mass is 9.94. The largest absolute Gasteiger partial charge is 0.497 e. The molecule has 0 fully saturated rings. The molecule has 0 saturated carbocycles. The Morgan fingerprint density at radius 1 is 0.969 bits per heavy atom. The summed E-state index contributed by atoms with van der Waals surface area (Å²) in [7, 11) is 1.63. The number of rotatable bonds is 9. The van der Waals surface area contributed by atoms with Gasteiger partial charge in [0, 0.05) is 11.5 Å². The van der Waals surface area contributed by atoms with Gasteiger partial charge in [0.15, 0.2) is 0 Å². The topological polar surface area (TPSA) is 76.7 Å². The minimum Gasteiger partial charge on any atom is -0.497 e. The fraction of sp³-hybridized carbons (Fsp3) is 0.440. The Bertz CT molecular complexity index is 877. The highest BCUT2D eigenvalue weighted by Crippen LogP contribution is 2.21. The molecule has 0 saturated heterocycles. The van der Waals surface area contributed by atoms with Crippen LogP contribution in [0.3, 0.4) is 0 Å². The molecule has 174 valence electrons. The molecule has 6 nitrogen and oxygen atoms in total. The molecule has 1 atom stereocenters. The van der Waals surface area contributed by atoms with Crippen LogP contribution in [-0.2, 0) is 20.8 Å². The van der Waals surface area contributed by atoms with Crippen molar-refractivity contribution in [1.29, 1.82) is 0 Å². The van der Waals surface area contributed by atoms with E-state index in [1.54, 1.807) is 39.6 Å². The van der Waals surface area contributed by atoms with E-state index >= 15 is 0 Å². The summed E-state index contributed by atoms with van der Waals surface area (Å²) in [5, 5.41) is 5.80. The lowest BCUT2D eigenvalue weighted by Crippen LogP contribution is -2.53. The van der Waals surface area contributed by atoms with Crippen molar-refractivity contribution in [3.63, 3.8) is 0 Å². The van der Waals surface area contributed by atoms with Crippen molar-refractivity contribution in [3.05, 3.63) is 65.7 Å². The summed E-state index contributed by atoms with van der Waals surface area (Å²) in [5.74, 6) is 1.64. The molecule has 0 heterocycles. The Hall–Kier alpha value is -2.67. The molecule has 2 aromatic carbocycles. The Kier molecular flexibility index (Phi) is 9.01. The standard InChI is InChI=1S/C25H34N2O4S/c1-24(2,3)31-23(29)26-21(17-32-16-18-12-14-20(30-6)15-13-18)22(28)27-25(4,5)19-10-8-7-9-11-19/h7-15,21H,16-17H2,1-6H3,(H,26,29)(H,27,28)/t21-/m0/s1. The van der Waals surface area contributed by atoms with E-state index in [1.165, 1.54) is 0 Å². The van der Waals surface area contributed by atoms with Crippen LogP contribution < -0.4 is 15.4 Å². The molecule has 2 N–H and O–H groups in total. The highest BCUT2D eigenvalue weighted by Gasteiger charge is 2.29. The van der Waals surface area contributed by atoms with Gasteiger partial charge in [0.2, 0.25) is 5.91 Å². The van der Waals surface area contributed by atoms with Gasteiger partial charge in [-0.15, -0.1) is 0 Å². The fourth-order valence-electron chi connectivity index (χ4n) is 2.97. The van der Waals surface area contributed by atoms with Gasteiger partial charge in [-0.2, -0.15) is 11.8 Å². The smallest absolute Gasteiger partial charge is 0.408 e. The van der Waals surface area contributed by atoms with Crippen LogP contribution in [-0.4, -0.2) is 36.5 Å². The van der Waals surface area contributed by atoms with Gasteiger partial charge >= 0.3 is 6.09 Å². The molecule has 0 spiro atoms. The van der Waals surface area contributed by atoms with Crippen molar-refractivity contribution in [1.82, 2.24) is 10.6 Å². The molecule has 0 aromatic heterocycles. The first-order valence-electron chi connectivity index (χ1n) is 10.6. The summed E-state index contributed by atoms with van der Waals surface area (Å²) in [6, 6.07) is 16.8. The Morgan fingerprint density at radius 2 is 1.59 bits per heavy atom. The van der Waals surface area contributed by atoms with E-state index in [0.29, 0.717) is 11.5 Å². The van der Waals surface area contributed by atoms with Crippen molar-refractivity contribution in [2.75, 3.05) is 12.9 Å². The van der Waals surface area contributed by atoms with E-state index in [9.17, 15) is 9.59 Å². The third-order valence-corrected chi connectivity index (χ3v) is 5.76. The third kappa shape index (κ3) is 8.46. The minimum atomic E-state index is -0.740. The minimum absolute atomic E-state index is 0.257. The first kappa shape index (κ1) is 25.6. The van der Waals surface area contributed by atoms with Gasteiger partial charge < -0.3 is 20.1 Å². The van der Waals surface area contributed by atoms with Crippen molar-refractivity contribution >= 4 is 23.8 Å². The van der Waals surface area contributed by atoms with Crippen LogP contribution in [0, 0.1) is 0 Å². The molecule has 2 rings (SSSR count). The number of amides is 2. The fourth-order valence-corrected chi connectivity index (χ4v) is 3.99. The second-order valence-electron chi connectivity index (χ2n) is 9.04. The lowest BCUT2D eigenvalue weighted by Gasteiger charge is -2.30. The molecular weight excluding hydrogens is 424 g/mol. The van der Waals surface area contributed by atoms with E-state index < -0.39 is 23.3 Å². The number of methoxy groups -OCH3 is 1. The van der Waals surface area contributed by atoms with Gasteiger partial charge in [0.1, 0.15) is 17.4 Å². The maximum Gasteiger partial charge on any atom is 0.408 e. The number of carbonyl (C=O) groups excluding carboxylic acids is 2. The van der Waals surface area contributed by atoms with Crippen LogP contribution in [0.25, 0.3) is 0 Å². The number of hydrogen-bond acceptors (Lipinski definition) is 5. The Labute approximate surface area is 195 Å². The second kappa shape index (κ2) is 11.3. The normalized spacial score (nSPS) is 12.6. The maximum absolute atomic E-state index is 13.1. The first-order valence-corrected chi connectivity index (χ1v) is 11.7. The van der Waals surface area contributed by atoms with Crippen LogP contribution in [0.2, 0.25) is 0 Å². The van der Waals surface area contributed by atoms with Crippen LogP contribution in [0.4, 0.5) is 4.79 Å². The second-order valence-corrected chi connectivity index (χ2v) is 10.1. The van der Waals surface area contributed by atoms with E-state index in [-0.39, 0.29) is 5.91 Å². The van der Waals surface area contributed by atoms with E-state index in [2.05, 4.69) is 10.6 Å². The number of nitrogens with one attached hydrogen (secondary N) is 2. The molecule has 0 unspecified atom stereocenters. The zero-order valence-electron chi connectivity index (χ0n) is 19.7. The number of thioether (sulfide) groups is 1. The molecule has 7 heteroatoms. The number of benzene rings is 2. The molecule has 0 bridgehead atoms. The van der Waals surface area contributed by atoms with Gasteiger partial charge in [0.05, 0.1) is 12.6 Å². The quantitative estimate of drug-likeness (QED) is 0.560. The summed E-state index contributed by atoms with van der Waals surface area (Å²) in [5.41, 5.74) is 0.851. The molecule has 0 aliphatic carbocycles. The van der Waals surface area contributed by atoms with Crippen LogP contribution in [0.15, 0.2) is 54.6 Å². The number of alkyl carbamates (subject to hydrolysis) is 1. The lowest BCUT2D eigenvalue weighted by molar-refractivity contribution is -0.124.